The quantitative estimate of drug-likeness (QED) is 0.271. The number of aromatic nitrogens is 1. The zero-order valence-electron chi connectivity index (χ0n) is 24.1. The van der Waals surface area contributed by atoms with Crippen molar-refractivity contribution in [2.24, 2.45) is 0 Å². The summed E-state index contributed by atoms with van der Waals surface area (Å²) >= 11 is 0. The average molecular weight is 538 g/mol. The van der Waals surface area contributed by atoms with Crippen LogP contribution in [0.25, 0.3) is 10.9 Å². The largest absolute Gasteiger partial charge is 0.373 e. The Morgan fingerprint density at radius 3 is 2.42 bits per heavy atom. The van der Waals surface area contributed by atoms with Gasteiger partial charge in [-0.1, -0.05) is 62.7 Å². The van der Waals surface area contributed by atoms with Gasteiger partial charge in [0.25, 0.3) is 11.8 Å². The second-order valence-corrected chi connectivity index (χ2v) is 12.2. The molecule has 0 aliphatic carbocycles. The van der Waals surface area contributed by atoms with Crippen LogP contribution in [0.2, 0.25) is 0 Å². The van der Waals surface area contributed by atoms with Gasteiger partial charge in [-0.15, -0.1) is 0 Å². The zero-order valence-corrected chi connectivity index (χ0v) is 24.1. The molecule has 40 heavy (non-hydrogen) atoms. The molecule has 208 valence electrons. The standard InChI is InChI=1S/C34H39N3O3/c1-23-8-6-9-24(18-23)21-37-29-15-14-28(36-31(38)25-10-12-27(13-11-25)33(2,3)4)19-26(29)20-30(37)32(39)35-22-34(5)16-7-17-40-34/h6,8-15,18-20H,7,16-17,21-22H2,1-5H3,(H,35,39)(H,36,38)/t34-/m0/s1. The van der Waals surface area contributed by atoms with Crippen molar-refractivity contribution in [1.29, 1.82) is 0 Å². The van der Waals surface area contributed by atoms with Gasteiger partial charge in [-0.2, -0.15) is 0 Å². The number of benzene rings is 3. The van der Waals surface area contributed by atoms with Crippen LogP contribution in [0.3, 0.4) is 0 Å². The first-order chi connectivity index (χ1) is 19.0. The molecule has 0 bridgehead atoms. The second kappa shape index (κ2) is 10.9. The molecule has 2 heterocycles. The van der Waals surface area contributed by atoms with Crippen LogP contribution >= 0.6 is 0 Å². The number of carbonyl (C=O) groups is 2. The summed E-state index contributed by atoms with van der Waals surface area (Å²) in [7, 11) is 0. The predicted molar refractivity (Wildman–Crippen MR) is 161 cm³/mol. The first-order valence-electron chi connectivity index (χ1n) is 14.0. The Hall–Kier alpha value is -3.90. The van der Waals surface area contributed by atoms with Crippen LogP contribution < -0.4 is 10.6 Å². The van der Waals surface area contributed by atoms with Crippen LogP contribution in [-0.4, -0.2) is 35.1 Å². The number of nitrogens with zero attached hydrogens (tertiary/aromatic N) is 1. The minimum Gasteiger partial charge on any atom is -0.373 e. The highest BCUT2D eigenvalue weighted by molar-refractivity contribution is 6.06. The number of hydrogen-bond acceptors (Lipinski definition) is 3. The summed E-state index contributed by atoms with van der Waals surface area (Å²) in [6, 6.07) is 23.8. The van der Waals surface area contributed by atoms with E-state index in [1.165, 1.54) is 11.1 Å². The van der Waals surface area contributed by atoms with E-state index in [0.29, 0.717) is 30.0 Å². The van der Waals surface area contributed by atoms with Crippen molar-refractivity contribution >= 4 is 28.4 Å². The van der Waals surface area contributed by atoms with Gasteiger partial charge in [-0.05, 0) is 79.6 Å². The summed E-state index contributed by atoms with van der Waals surface area (Å²) in [5, 5.41) is 7.03. The molecular formula is C34H39N3O3. The number of ether oxygens (including phenoxy) is 1. The summed E-state index contributed by atoms with van der Waals surface area (Å²) in [6.45, 7) is 12.3. The van der Waals surface area contributed by atoms with Gasteiger partial charge in [0, 0.05) is 41.9 Å². The van der Waals surface area contributed by atoms with Gasteiger partial charge in [0.15, 0.2) is 0 Å². The van der Waals surface area contributed by atoms with Crippen molar-refractivity contribution in [3.63, 3.8) is 0 Å². The van der Waals surface area contributed by atoms with Crippen LogP contribution in [0.4, 0.5) is 5.69 Å². The van der Waals surface area contributed by atoms with Crippen LogP contribution in [0.15, 0.2) is 72.8 Å². The number of nitrogens with one attached hydrogen (secondary N) is 2. The van der Waals surface area contributed by atoms with E-state index < -0.39 is 0 Å². The SMILES string of the molecule is Cc1cccc(Cn2c(C(=O)NC[C@]3(C)CCCO3)cc3cc(NC(=O)c4ccc(C(C)(C)C)cc4)ccc32)c1. The monoisotopic (exact) mass is 537 g/mol. The molecule has 0 spiro atoms. The summed E-state index contributed by atoms with van der Waals surface area (Å²) in [4.78, 5) is 26.5. The van der Waals surface area contributed by atoms with Gasteiger partial charge in [0.2, 0.25) is 0 Å². The van der Waals surface area contributed by atoms with E-state index in [4.69, 9.17) is 4.74 Å². The Morgan fingerprint density at radius 1 is 0.975 bits per heavy atom. The fourth-order valence-electron chi connectivity index (χ4n) is 5.36. The number of anilines is 1. The van der Waals surface area contributed by atoms with E-state index >= 15 is 0 Å². The second-order valence-electron chi connectivity index (χ2n) is 12.2. The maximum Gasteiger partial charge on any atom is 0.268 e. The van der Waals surface area contributed by atoms with Gasteiger partial charge in [-0.25, -0.2) is 0 Å². The molecule has 2 N–H and O–H groups in total. The highest BCUT2D eigenvalue weighted by atomic mass is 16.5. The lowest BCUT2D eigenvalue weighted by atomic mass is 9.87. The lowest BCUT2D eigenvalue weighted by Crippen LogP contribution is -2.40. The summed E-state index contributed by atoms with van der Waals surface area (Å²) < 4.78 is 7.92. The van der Waals surface area contributed by atoms with Crippen molar-refractivity contribution < 1.29 is 14.3 Å². The fraction of sp³-hybridized carbons (Fsp3) is 0.353. The molecule has 0 saturated carbocycles. The van der Waals surface area contributed by atoms with Crippen LogP contribution in [0, 0.1) is 6.92 Å². The maximum atomic E-state index is 13.5. The molecule has 4 aromatic rings. The summed E-state index contributed by atoms with van der Waals surface area (Å²) in [5.41, 5.74) is 5.97. The first kappa shape index (κ1) is 27.7. The molecule has 1 saturated heterocycles. The number of carbonyl (C=O) groups excluding carboxylic acids is 2. The van der Waals surface area contributed by atoms with Crippen molar-refractivity contribution in [2.75, 3.05) is 18.5 Å². The number of aryl methyl sites for hydroxylation is 1. The Labute approximate surface area is 236 Å². The van der Waals surface area contributed by atoms with Crippen LogP contribution in [0.5, 0.6) is 0 Å². The Kier molecular flexibility index (Phi) is 7.56. The van der Waals surface area contributed by atoms with Gasteiger partial charge >= 0.3 is 0 Å². The minimum atomic E-state index is -0.328. The van der Waals surface area contributed by atoms with Gasteiger partial charge in [-0.3, -0.25) is 9.59 Å². The van der Waals surface area contributed by atoms with E-state index in [2.05, 4.69) is 56.5 Å². The van der Waals surface area contributed by atoms with Gasteiger partial charge in [0.1, 0.15) is 5.69 Å². The molecule has 6 heteroatoms. The molecule has 1 aliphatic heterocycles. The van der Waals surface area contributed by atoms with Crippen molar-refractivity contribution in [1.82, 2.24) is 9.88 Å². The van der Waals surface area contributed by atoms with E-state index in [1.807, 2.05) is 66.1 Å². The van der Waals surface area contributed by atoms with E-state index in [-0.39, 0.29) is 22.8 Å². The van der Waals surface area contributed by atoms with Crippen LogP contribution in [0.1, 0.15) is 78.1 Å². The van der Waals surface area contributed by atoms with Crippen molar-refractivity contribution in [3.05, 3.63) is 101 Å². The third-order valence-electron chi connectivity index (χ3n) is 7.75. The average Bonchev–Trinajstić information content (AvgIpc) is 3.51. The summed E-state index contributed by atoms with van der Waals surface area (Å²) in [5.74, 6) is -0.299. The number of hydrogen-bond donors (Lipinski definition) is 2. The number of amides is 2. The van der Waals surface area contributed by atoms with E-state index in [9.17, 15) is 9.59 Å². The molecule has 1 fully saturated rings. The molecular weight excluding hydrogens is 498 g/mol. The third kappa shape index (κ3) is 6.13. The lowest BCUT2D eigenvalue weighted by molar-refractivity contribution is 0.0205. The molecule has 1 atom stereocenters. The third-order valence-corrected chi connectivity index (χ3v) is 7.75. The molecule has 0 unspecified atom stereocenters. The van der Waals surface area contributed by atoms with Gasteiger partial charge < -0.3 is 19.9 Å². The molecule has 3 aromatic carbocycles. The highest BCUT2D eigenvalue weighted by Crippen LogP contribution is 2.28. The normalized spacial score (nSPS) is 17.2. The van der Waals surface area contributed by atoms with Crippen molar-refractivity contribution in [2.45, 2.75) is 65.0 Å². The van der Waals surface area contributed by atoms with E-state index in [0.717, 1.165) is 35.9 Å². The van der Waals surface area contributed by atoms with Gasteiger partial charge in [0.05, 0.1) is 5.60 Å². The Morgan fingerprint density at radius 2 is 1.75 bits per heavy atom. The molecule has 1 aliphatic rings. The molecule has 1 aromatic heterocycles. The van der Waals surface area contributed by atoms with Crippen molar-refractivity contribution in [3.8, 4) is 0 Å². The number of fused-ring (bicyclic) bond motifs is 1. The molecule has 0 radical (unpaired) electrons. The topological polar surface area (TPSA) is 72.4 Å². The fourth-order valence-corrected chi connectivity index (χ4v) is 5.36. The maximum absolute atomic E-state index is 13.5. The Balaban J connectivity index is 1.42. The lowest BCUT2D eigenvalue weighted by Gasteiger charge is -2.23. The summed E-state index contributed by atoms with van der Waals surface area (Å²) in [6.07, 6.45) is 1.94. The highest BCUT2D eigenvalue weighted by Gasteiger charge is 2.30. The molecule has 5 rings (SSSR count). The van der Waals surface area contributed by atoms with Crippen LogP contribution in [-0.2, 0) is 16.7 Å². The molecule has 6 nitrogen and oxygen atoms in total. The number of rotatable bonds is 7. The predicted octanol–water partition coefficient (Wildman–Crippen LogP) is 6.85. The smallest absolute Gasteiger partial charge is 0.268 e. The zero-order chi connectivity index (χ0) is 28.5. The van der Waals surface area contributed by atoms with E-state index in [1.54, 1.807) is 0 Å². The Bertz CT molecular complexity index is 1540. The first-order valence-corrected chi connectivity index (χ1v) is 14.0. The molecule has 2 amide bonds. The minimum absolute atomic E-state index is 0.0253.